The molecule has 18 heavy (non-hydrogen) atoms. The molecule has 0 fully saturated rings. The average Bonchev–Trinajstić information content (AvgIpc) is 2.37. The molecule has 0 heterocycles. The van der Waals surface area contributed by atoms with Crippen LogP contribution in [0.4, 0.5) is 4.39 Å². The first-order valence-electron chi connectivity index (χ1n) is 6.28. The molecule has 0 saturated heterocycles. The van der Waals surface area contributed by atoms with Crippen LogP contribution < -0.4 is 5.43 Å². The number of hydrazone groups is 1. The van der Waals surface area contributed by atoms with Gasteiger partial charge >= 0.3 is 0 Å². The summed E-state index contributed by atoms with van der Waals surface area (Å²) < 4.78 is 12.7. The van der Waals surface area contributed by atoms with Gasteiger partial charge in [0.2, 0.25) is 0 Å². The average molecular weight is 250 g/mol. The molecule has 0 unspecified atom stereocenters. The van der Waals surface area contributed by atoms with Crippen molar-refractivity contribution >= 4 is 11.6 Å². The summed E-state index contributed by atoms with van der Waals surface area (Å²) in [6.07, 6.45) is 3.78. The van der Waals surface area contributed by atoms with Gasteiger partial charge < -0.3 is 0 Å². The van der Waals surface area contributed by atoms with Crippen LogP contribution in [0.5, 0.6) is 0 Å². The number of carbonyl (C=O) groups is 1. The summed E-state index contributed by atoms with van der Waals surface area (Å²) in [4.78, 5) is 11.7. The molecule has 0 saturated carbocycles. The van der Waals surface area contributed by atoms with Crippen LogP contribution in [-0.4, -0.2) is 11.6 Å². The lowest BCUT2D eigenvalue weighted by Crippen LogP contribution is -2.19. The number of benzene rings is 1. The lowest BCUT2D eigenvalue weighted by molar-refractivity contribution is 0.0954. The van der Waals surface area contributed by atoms with Gasteiger partial charge in [-0.05, 0) is 37.1 Å². The number of hydrogen-bond donors (Lipinski definition) is 1. The molecule has 0 radical (unpaired) electrons. The van der Waals surface area contributed by atoms with Crippen LogP contribution in [0.25, 0.3) is 0 Å². The molecule has 0 aliphatic heterocycles. The lowest BCUT2D eigenvalue weighted by Gasteiger charge is -2.04. The summed E-state index contributed by atoms with van der Waals surface area (Å²) in [5, 5.41) is 4.13. The highest BCUT2D eigenvalue weighted by atomic mass is 19.1. The first kappa shape index (κ1) is 14.4. The summed E-state index contributed by atoms with van der Waals surface area (Å²) in [5.74, 6) is -0.660. The maximum Gasteiger partial charge on any atom is 0.271 e. The molecular weight excluding hydrogens is 231 g/mol. The topological polar surface area (TPSA) is 41.5 Å². The molecule has 1 aromatic rings. The van der Waals surface area contributed by atoms with Crippen LogP contribution in [0.2, 0.25) is 0 Å². The Labute approximate surface area is 107 Å². The maximum atomic E-state index is 12.7. The molecule has 98 valence electrons. The number of nitrogens with zero attached hydrogens (tertiary/aromatic N) is 1. The van der Waals surface area contributed by atoms with Gasteiger partial charge in [-0.2, -0.15) is 5.10 Å². The van der Waals surface area contributed by atoms with E-state index in [1.54, 1.807) is 0 Å². The van der Waals surface area contributed by atoms with Crippen molar-refractivity contribution in [3.05, 3.63) is 35.6 Å². The fourth-order valence-electron chi connectivity index (χ4n) is 1.61. The van der Waals surface area contributed by atoms with Gasteiger partial charge in [0, 0.05) is 11.3 Å². The molecule has 1 aromatic carbocycles. The Balaban J connectivity index is 2.63. The molecule has 0 aliphatic rings. The third-order valence-corrected chi connectivity index (χ3v) is 2.50. The van der Waals surface area contributed by atoms with Crippen LogP contribution >= 0.6 is 0 Å². The van der Waals surface area contributed by atoms with Crippen molar-refractivity contribution in [2.75, 3.05) is 0 Å². The highest BCUT2D eigenvalue weighted by molar-refractivity contribution is 5.95. The standard InChI is InChI=1S/C14H19FN2O/c1-3-5-13(6-4-2)16-17-14(18)11-7-9-12(15)10-8-11/h7-10H,3-6H2,1-2H3,(H,17,18). The normalized spacial score (nSPS) is 9.94. The van der Waals surface area contributed by atoms with Crippen molar-refractivity contribution < 1.29 is 9.18 Å². The van der Waals surface area contributed by atoms with Crippen LogP contribution in [-0.2, 0) is 0 Å². The van der Waals surface area contributed by atoms with Gasteiger partial charge in [-0.1, -0.05) is 26.7 Å². The Morgan fingerprint density at radius 3 is 2.22 bits per heavy atom. The second kappa shape index (κ2) is 7.58. The molecule has 0 atom stereocenters. The molecule has 1 amide bonds. The summed E-state index contributed by atoms with van der Waals surface area (Å²) in [7, 11) is 0. The molecule has 1 N–H and O–H groups in total. The van der Waals surface area contributed by atoms with E-state index in [9.17, 15) is 9.18 Å². The zero-order chi connectivity index (χ0) is 13.4. The minimum atomic E-state index is -0.354. The van der Waals surface area contributed by atoms with E-state index in [0.717, 1.165) is 31.4 Å². The van der Waals surface area contributed by atoms with Gasteiger partial charge in [0.05, 0.1) is 0 Å². The first-order valence-corrected chi connectivity index (χ1v) is 6.28. The van der Waals surface area contributed by atoms with Crippen molar-refractivity contribution in [2.45, 2.75) is 39.5 Å². The second-order valence-corrected chi connectivity index (χ2v) is 4.13. The van der Waals surface area contributed by atoms with Gasteiger partial charge in [-0.25, -0.2) is 9.82 Å². The lowest BCUT2D eigenvalue weighted by atomic mass is 10.1. The summed E-state index contributed by atoms with van der Waals surface area (Å²) in [6, 6.07) is 5.41. The third-order valence-electron chi connectivity index (χ3n) is 2.50. The van der Waals surface area contributed by atoms with E-state index < -0.39 is 0 Å². The van der Waals surface area contributed by atoms with Crippen LogP contribution in [0.15, 0.2) is 29.4 Å². The van der Waals surface area contributed by atoms with Gasteiger partial charge in [0.15, 0.2) is 0 Å². The minimum absolute atomic E-state index is 0.306. The van der Waals surface area contributed by atoms with Crippen molar-refractivity contribution in [1.29, 1.82) is 0 Å². The summed E-state index contributed by atoms with van der Waals surface area (Å²) in [6.45, 7) is 4.15. The fraction of sp³-hybridized carbons (Fsp3) is 0.429. The predicted octanol–water partition coefficient (Wildman–Crippen LogP) is 3.51. The van der Waals surface area contributed by atoms with Gasteiger partial charge in [-0.15, -0.1) is 0 Å². The minimum Gasteiger partial charge on any atom is -0.267 e. The van der Waals surface area contributed by atoms with E-state index in [-0.39, 0.29) is 11.7 Å². The maximum absolute atomic E-state index is 12.7. The number of halogens is 1. The zero-order valence-corrected chi connectivity index (χ0v) is 10.9. The quantitative estimate of drug-likeness (QED) is 0.609. The highest BCUT2D eigenvalue weighted by Gasteiger charge is 2.05. The number of carbonyl (C=O) groups excluding carboxylic acids is 1. The van der Waals surface area contributed by atoms with E-state index in [2.05, 4.69) is 24.4 Å². The van der Waals surface area contributed by atoms with Crippen LogP contribution in [0.3, 0.4) is 0 Å². The molecule has 4 heteroatoms. The Morgan fingerprint density at radius 1 is 1.17 bits per heavy atom. The van der Waals surface area contributed by atoms with Gasteiger partial charge in [0.25, 0.3) is 5.91 Å². The van der Waals surface area contributed by atoms with Crippen LogP contribution in [0, 0.1) is 5.82 Å². The molecule has 1 rings (SSSR count). The number of amides is 1. The largest absolute Gasteiger partial charge is 0.271 e. The SMILES string of the molecule is CCCC(CCC)=NNC(=O)c1ccc(F)cc1. The third kappa shape index (κ3) is 4.65. The molecule has 0 aromatic heterocycles. The highest BCUT2D eigenvalue weighted by Crippen LogP contribution is 2.03. The predicted molar refractivity (Wildman–Crippen MR) is 71.1 cm³/mol. The summed E-state index contributed by atoms with van der Waals surface area (Å²) in [5.41, 5.74) is 3.92. The molecule has 3 nitrogen and oxygen atoms in total. The Bertz CT molecular complexity index is 404. The number of hydrogen-bond acceptors (Lipinski definition) is 2. The smallest absolute Gasteiger partial charge is 0.267 e. The molecular formula is C14H19FN2O. The van der Waals surface area contributed by atoms with E-state index in [1.165, 1.54) is 24.3 Å². The Kier molecular flexibility index (Phi) is 6.05. The van der Waals surface area contributed by atoms with Gasteiger partial charge in [-0.3, -0.25) is 4.79 Å². The molecule has 0 aliphatic carbocycles. The van der Waals surface area contributed by atoms with E-state index in [4.69, 9.17) is 0 Å². The zero-order valence-electron chi connectivity index (χ0n) is 10.9. The van der Waals surface area contributed by atoms with Crippen molar-refractivity contribution in [3.8, 4) is 0 Å². The van der Waals surface area contributed by atoms with Crippen LogP contribution in [0.1, 0.15) is 49.9 Å². The van der Waals surface area contributed by atoms with E-state index in [1.807, 2.05) is 0 Å². The molecule has 0 spiro atoms. The fourth-order valence-corrected chi connectivity index (χ4v) is 1.61. The Hall–Kier alpha value is -1.71. The molecule has 0 bridgehead atoms. The van der Waals surface area contributed by atoms with E-state index in [0.29, 0.717) is 5.56 Å². The van der Waals surface area contributed by atoms with Gasteiger partial charge in [0.1, 0.15) is 5.82 Å². The monoisotopic (exact) mass is 250 g/mol. The Morgan fingerprint density at radius 2 is 1.72 bits per heavy atom. The second-order valence-electron chi connectivity index (χ2n) is 4.13. The first-order chi connectivity index (χ1) is 8.67. The van der Waals surface area contributed by atoms with E-state index >= 15 is 0 Å². The van der Waals surface area contributed by atoms with Crippen molar-refractivity contribution in [1.82, 2.24) is 5.43 Å². The number of rotatable bonds is 6. The van der Waals surface area contributed by atoms with Crippen molar-refractivity contribution in [2.24, 2.45) is 5.10 Å². The summed E-state index contributed by atoms with van der Waals surface area (Å²) >= 11 is 0. The van der Waals surface area contributed by atoms with Crippen molar-refractivity contribution in [3.63, 3.8) is 0 Å². The number of nitrogens with one attached hydrogen (secondary N) is 1.